The quantitative estimate of drug-likeness (QED) is 0.268. The van der Waals surface area contributed by atoms with Crippen molar-refractivity contribution in [2.75, 3.05) is 10.8 Å². The number of nitrogens with one attached hydrogen (secondary N) is 1. The van der Waals surface area contributed by atoms with Crippen LogP contribution in [-0.4, -0.2) is 43.8 Å². The zero-order valence-corrected chi connectivity index (χ0v) is 26.6. The fourth-order valence-electron chi connectivity index (χ4n) is 4.47. The first-order chi connectivity index (χ1) is 19.2. The van der Waals surface area contributed by atoms with E-state index in [-0.39, 0.29) is 23.4 Å². The van der Waals surface area contributed by atoms with E-state index in [0.717, 1.165) is 15.4 Å². The van der Waals surface area contributed by atoms with Gasteiger partial charge < -0.3 is 10.2 Å². The van der Waals surface area contributed by atoms with E-state index in [4.69, 9.17) is 23.2 Å². The highest BCUT2D eigenvalue weighted by atomic mass is 35.5. The molecule has 3 aromatic rings. The molecule has 0 aromatic heterocycles. The van der Waals surface area contributed by atoms with Gasteiger partial charge in [-0.3, -0.25) is 13.9 Å². The minimum Gasteiger partial charge on any atom is -0.352 e. The van der Waals surface area contributed by atoms with E-state index in [0.29, 0.717) is 33.3 Å². The predicted octanol–water partition coefficient (Wildman–Crippen LogP) is 6.45. The van der Waals surface area contributed by atoms with Gasteiger partial charge in [0.1, 0.15) is 12.6 Å². The van der Waals surface area contributed by atoms with Crippen molar-refractivity contribution in [3.05, 3.63) is 93.0 Å². The average molecular weight is 619 g/mol. The standard InChI is InChI=1S/C31H37Cl2N3O4S/c1-7-28(31(38)34-20(2)3)35(18-24-12-13-25(32)17-27(24)33)30(37)19-36(29-16-22(5)8-11-23(29)6)41(39,40)26-14-9-21(4)10-15-26/h8-17,20,28H,7,18-19H2,1-6H3,(H,34,38). The summed E-state index contributed by atoms with van der Waals surface area (Å²) in [6, 6.07) is 15.9. The van der Waals surface area contributed by atoms with E-state index in [1.807, 2.05) is 39.8 Å². The molecular formula is C31H37Cl2N3O4S. The molecule has 0 saturated heterocycles. The van der Waals surface area contributed by atoms with Gasteiger partial charge in [0.25, 0.3) is 10.0 Å². The molecule has 1 N–H and O–H groups in total. The summed E-state index contributed by atoms with van der Waals surface area (Å²) in [7, 11) is -4.16. The Labute approximate surface area is 253 Å². The van der Waals surface area contributed by atoms with Gasteiger partial charge in [0, 0.05) is 22.6 Å². The average Bonchev–Trinajstić information content (AvgIpc) is 2.89. The van der Waals surface area contributed by atoms with E-state index < -0.39 is 28.5 Å². The van der Waals surface area contributed by atoms with Crippen molar-refractivity contribution in [3.63, 3.8) is 0 Å². The fraction of sp³-hybridized carbons (Fsp3) is 0.355. The van der Waals surface area contributed by atoms with Crippen molar-refractivity contribution < 1.29 is 18.0 Å². The third-order valence-corrected chi connectivity index (χ3v) is 9.05. The van der Waals surface area contributed by atoms with Crippen molar-refractivity contribution in [2.24, 2.45) is 0 Å². The van der Waals surface area contributed by atoms with Crippen molar-refractivity contribution in [1.29, 1.82) is 0 Å². The van der Waals surface area contributed by atoms with Gasteiger partial charge in [0.2, 0.25) is 11.8 Å². The second kappa shape index (κ2) is 13.7. The van der Waals surface area contributed by atoms with Crippen LogP contribution in [0.4, 0.5) is 5.69 Å². The smallest absolute Gasteiger partial charge is 0.264 e. The zero-order chi connectivity index (χ0) is 30.5. The molecule has 2 amide bonds. The Morgan fingerprint density at radius 3 is 2.12 bits per heavy atom. The van der Waals surface area contributed by atoms with Gasteiger partial charge in [0.15, 0.2) is 0 Å². The van der Waals surface area contributed by atoms with Gasteiger partial charge in [-0.2, -0.15) is 0 Å². The number of carbonyl (C=O) groups is 2. The molecule has 220 valence electrons. The fourth-order valence-corrected chi connectivity index (χ4v) is 6.41. The predicted molar refractivity (Wildman–Crippen MR) is 166 cm³/mol. The van der Waals surface area contributed by atoms with E-state index in [2.05, 4.69) is 5.32 Å². The normalized spacial score (nSPS) is 12.2. The SMILES string of the molecule is CCC(C(=O)NC(C)C)N(Cc1ccc(Cl)cc1Cl)C(=O)CN(c1cc(C)ccc1C)S(=O)(=O)c1ccc(C)cc1. The number of nitrogens with zero attached hydrogens (tertiary/aromatic N) is 2. The number of hydrogen-bond donors (Lipinski definition) is 1. The van der Waals surface area contributed by atoms with Crippen LogP contribution in [0.5, 0.6) is 0 Å². The molecule has 3 rings (SSSR count). The number of anilines is 1. The zero-order valence-electron chi connectivity index (χ0n) is 24.2. The molecule has 10 heteroatoms. The molecule has 1 atom stereocenters. The number of rotatable bonds is 11. The monoisotopic (exact) mass is 617 g/mol. The molecule has 0 aliphatic rings. The molecule has 1 unspecified atom stereocenters. The number of carbonyl (C=O) groups excluding carboxylic acids is 2. The number of hydrogen-bond acceptors (Lipinski definition) is 4. The van der Waals surface area contributed by atoms with Crippen molar-refractivity contribution in [1.82, 2.24) is 10.2 Å². The molecule has 0 bridgehead atoms. The summed E-state index contributed by atoms with van der Waals surface area (Å²) in [4.78, 5) is 28.9. The van der Waals surface area contributed by atoms with Gasteiger partial charge in [-0.05, 0) is 88.1 Å². The Kier molecular flexibility index (Phi) is 10.9. The molecule has 0 heterocycles. The molecule has 0 fully saturated rings. The van der Waals surface area contributed by atoms with Gasteiger partial charge in [-0.15, -0.1) is 0 Å². The Hall–Kier alpha value is -3.07. The lowest BCUT2D eigenvalue weighted by Gasteiger charge is -2.34. The Morgan fingerprint density at radius 2 is 1.54 bits per heavy atom. The van der Waals surface area contributed by atoms with Crippen molar-refractivity contribution in [3.8, 4) is 0 Å². The van der Waals surface area contributed by atoms with Gasteiger partial charge in [-0.1, -0.05) is 66.0 Å². The highest BCUT2D eigenvalue weighted by Crippen LogP contribution is 2.29. The topological polar surface area (TPSA) is 86.8 Å². The number of benzene rings is 3. The molecule has 41 heavy (non-hydrogen) atoms. The first-order valence-electron chi connectivity index (χ1n) is 13.4. The minimum absolute atomic E-state index is 0.00984. The van der Waals surface area contributed by atoms with Crippen LogP contribution in [0, 0.1) is 20.8 Å². The maximum Gasteiger partial charge on any atom is 0.264 e. The van der Waals surface area contributed by atoms with Crippen LogP contribution in [0.3, 0.4) is 0 Å². The highest BCUT2D eigenvalue weighted by Gasteiger charge is 2.34. The lowest BCUT2D eigenvalue weighted by atomic mass is 10.1. The molecule has 7 nitrogen and oxygen atoms in total. The number of aryl methyl sites for hydroxylation is 3. The Balaban J connectivity index is 2.13. The highest BCUT2D eigenvalue weighted by molar-refractivity contribution is 7.92. The largest absolute Gasteiger partial charge is 0.352 e. The lowest BCUT2D eigenvalue weighted by molar-refractivity contribution is -0.140. The van der Waals surface area contributed by atoms with Gasteiger partial charge in [-0.25, -0.2) is 8.42 Å². The van der Waals surface area contributed by atoms with Gasteiger partial charge in [0.05, 0.1) is 10.6 Å². The summed E-state index contributed by atoms with van der Waals surface area (Å²) in [6.07, 6.45) is 0.309. The van der Waals surface area contributed by atoms with E-state index in [9.17, 15) is 18.0 Å². The third-order valence-electron chi connectivity index (χ3n) is 6.69. The van der Waals surface area contributed by atoms with Crippen LogP contribution in [-0.2, 0) is 26.2 Å². The van der Waals surface area contributed by atoms with Crippen LogP contribution >= 0.6 is 23.2 Å². The summed E-state index contributed by atoms with van der Waals surface area (Å²) in [5.74, 6) is -0.876. The van der Waals surface area contributed by atoms with Crippen LogP contribution in [0.15, 0.2) is 65.6 Å². The molecule has 0 aliphatic carbocycles. The molecule has 0 spiro atoms. The molecule has 3 aromatic carbocycles. The number of sulfonamides is 1. The van der Waals surface area contributed by atoms with E-state index in [1.165, 1.54) is 17.0 Å². The molecular weight excluding hydrogens is 581 g/mol. The molecule has 0 saturated carbocycles. The van der Waals surface area contributed by atoms with Gasteiger partial charge >= 0.3 is 0 Å². The first-order valence-corrected chi connectivity index (χ1v) is 15.6. The second-order valence-electron chi connectivity index (χ2n) is 10.5. The van der Waals surface area contributed by atoms with E-state index >= 15 is 0 Å². The van der Waals surface area contributed by atoms with Crippen LogP contribution < -0.4 is 9.62 Å². The molecule has 0 radical (unpaired) electrons. The third kappa shape index (κ3) is 8.03. The number of halogens is 2. The van der Waals surface area contributed by atoms with Crippen LogP contribution in [0.2, 0.25) is 10.0 Å². The first kappa shape index (κ1) is 32.4. The Bertz CT molecular complexity index is 1510. The van der Waals surface area contributed by atoms with Crippen molar-refractivity contribution in [2.45, 2.75) is 71.5 Å². The molecule has 0 aliphatic heterocycles. The lowest BCUT2D eigenvalue weighted by Crippen LogP contribution is -2.53. The second-order valence-corrected chi connectivity index (χ2v) is 13.2. The van der Waals surface area contributed by atoms with Crippen molar-refractivity contribution >= 4 is 50.7 Å². The summed E-state index contributed by atoms with van der Waals surface area (Å²) in [6.45, 7) is 10.5. The van der Waals surface area contributed by atoms with Crippen LogP contribution in [0.1, 0.15) is 49.4 Å². The Morgan fingerprint density at radius 1 is 0.902 bits per heavy atom. The summed E-state index contributed by atoms with van der Waals surface area (Å²) >= 11 is 12.6. The minimum atomic E-state index is -4.16. The number of amides is 2. The van der Waals surface area contributed by atoms with E-state index in [1.54, 1.807) is 50.2 Å². The maximum absolute atomic E-state index is 14.2. The van der Waals surface area contributed by atoms with Crippen LogP contribution in [0.25, 0.3) is 0 Å². The summed E-state index contributed by atoms with van der Waals surface area (Å²) < 4.78 is 29.3. The summed E-state index contributed by atoms with van der Waals surface area (Å²) in [5, 5.41) is 3.66. The maximum atomic E-state index is 14.2. The summed E-state index contributed by atoms with van der Waals surface area (Å²) in [5.41, 5.74) is 3.42.